The highest BCUT2D eigenvalue weighted by Crippen LogP contribution is 2.43. The van der Waals surface area contributed by atoms with Crippen LogP contribution in [0.5, 0.6) is 0 Å². The standard InChI is InChI=1S/C27H33NO5.2C26H29NO5/c1-15(2)28(26(30)18-8-6-16(3)7-9-18)23-13-21-20-12-19(17(4)29)10-11-24(20)33-25(21)14-22(23)27(31)32-5;1-15(2)27(25(29)18-8-5-16(3)6-9-18)22-12-20-19-11-17(14-28)7-10-23(19)32-24(20)13-21(22)26(30)31-4;1-14(2)27(25(29)17-7-5-15(3)6-8-17)22-12-20-19-11-18(16(4)28)9-10-23(19)32-24(20)13-21(22)26(30)31/h10-18,29H,6-9H2,1-5H3;7,10-16,18H,5-6,8-9H2,1-4H3;9-15,17H,5-8H2,1-4H3,(H,30,31). The zero-order valence-corrected chi connectivity index (χ0v) is 58.0. The SMILES string of the molecule is CC(=O)c1ccc2oc3cc(C(=O)O)c(N(C(=O)C4CCC(C)CC4)C(C)C)cc3c2c1.COC(=O)c1cc2oc3ccc(C(C)O)cc3c2cc1N(C(=O)C1CCC(C)CC1)C(C)C.COC(=O)c1cc2oc3ccc(C=O)cc3c2cc1N(C(=O)C1CCC(C)CC1)C(C)C. The third-order valence-corrected chi connectivity index (χ3v) is 20.0. The van der Waals surface area contributed by atoms with Crippen molar-refractivity contribution in [3.63, 3.8) is 0 Å². The van der Waals surface area contributed by atoms with Gasteiger partial charge in [-0.15, -0.1) is 0 Å². The third kappa shape index (κ3) is 14.8. The van der Waals surface area contributed by atoms with Crippen molar-refractivity contribution in [1.29, 1.82) is 0 Å². The second-order valence-electron chi connectivity index (χ2n) is 28.0. The van der Waals surface area contributed by atoms with Crippen molar-refractivity contribution in [3.8, 4) is 0 Å². The van der Waals surface area contributed by atoms with E-state index in [2.05, 4.69) is 20.8 Å². The van der Waals surface area contributed by atoms with E-state index >= 15 is 0 Å². The van der Waals surface area contributed by atoms with E-state index in [4.69, 9.17) is 22.7 Å². The lowest BCUT2D eigenvalue weighted by Crippen LogP contribution is -2.43. The van der Waals surface area contributed by atoms with E-state index in [1.165, 1.54) is 27.2 Å². The number of hydrogen-bond acceptors (Lipinski definition) is 14. The van der Waals surface area contributed by atoms with Crippen LogP contribution in [0, 0.1) is 35.5 Å². The number of esters is 2. The molecule has 18 heteroatoms. The number of carbonyl (C=O) groups excluding carboxylic acids is 7. The van der Waals surface area contributed by atoms with Crippen molar-refractivity contribution in [2.24, 2.45) is 35.5 Å². The Morgan fingerprint density at radius 3 is 1.11 bits per heavy atom. The molecule has 3 aliphatic rings. The molecule has 0 saturated heterocycles. The quantitative estimate of drug-likeness (QED) is 0.0550. The average molecular weight is 1320 g/mol. The number of aromatic carboxylic acids is 1. The van der Waals surface area contributed by atoms with Crippen LogP contribution in [-0.4, -0.2) is 90.3 Å². The van der Waals surface area contributed by atoms with E-state index in [0.29, 0.717) is 96.0 Å². The van der Waals surface area contributed by atoms with E-state index in [0.717, 1.165) is 116 Å². The van der Waals surface area contributed by atoms with Crippen LogP contribution in [0.15, 0.2) is 104 Å². The molecule has 1 unspecified atom stereocenters. The Morgan fingerprint density at radius 2 is 0.773 bits per heavy atom. The number of Topliss-reactive ketones (excluding diaryl/α,β-unsaturated/α-hetero) is 1. The Labute approximate surface area is 565 Å². The molecule has 12 rings (SSSR count). The highest BCUT2D eigenvalue weighted by molar-refractivity contribution is 6.16. The molecule has 3 fully saturated rings. The summed E-state index contributed by atoms with van der Waals surface area (Å²) >= 11 is 0. The van der Waals surface area contributed by atoms with Gasteiger partial charge in [-0.2, -0.15) is 0 Å². The van der Waals surface area contributed by atoms with Crippen LogP contribution < -0.4 is 14.7 Å². The number of benzene rings is 6. The largest absolute Gasteiger partial charge is 0.478 e. The summed E-state index contributed by atoms with van der Waals surface area (Å²) < 4.78 is 27.9. The molecule has 3 saturated carbocycles. The maximum atomic E-state index is 13.7. The molecule has 3 aliphatic carbocycles. The number of carboxylic acid groups (broad SMARTS) is 1. The van der Waals surface area contributed by atoms with E-state index in [9.17, 15) is 48.6 Å². The van der Waals surface area contributed by atoms with Crippen LogP contribution >= 0.6 is 0 Å². The van der Waals surface area contributed by atoms with Gasteiger partial charge >= 0.3 is 17.9 Å². The Balaban J connectivity index is 0.000000158. The van der Waals surface area contributed by atoms with E-state index < -0.39 is 24.0 Å². The third-order valence-electron chi connectivity index (χ3n) is 20.0. The summed E-state index contributed by atoms with van der Waals surface area (Å²) in [5.74, 6) is -0.438. The molecule has 0 radical (unpaired) electrons. The summed E-state index contributed by atoms with van der Waals surface area (Å²) in [6.07, 6.45) is 11.4. The average Bonchev–Trinajstić information content (AvgIpc) is 1.67. The summed E-state index contributed by atoms with van der Waals surface area (Å²) in [5, 5.41) is 24.6. The van der Waals surface area contributed by atoms with Crippen LogP contribution in [0.2, 0.25) is 0 Å². The Morgan fingerprint density at radius 1 is 0.443 bits per heavy atom. The number of anilines is 3. The van der Waals surface area contributed by atoms with Crippen LogP contribution in [0.1, 0.15) is 217 Å². The van der Waals surface area contributed by atoms with E-state index in [-0.39, 0.29) is 64.9 Å². The maximum absolute atomic E-state index is 13.7. The summed E-state index contributed by atoms with van der Waals surface area (Å²) in [6.45, 7) is 21.5. The topological polar surface area (TPSA) is 245 Å². The normalized spacial score (nSPS) is 19.1. The molecule has 9 aromatic rings. The van der Waals surface area contributed by atoms with Crippen molar-refractivity contribution in [1.82, 2.24) is 0 Å². The number of aliphatic hydroxyl groups excluding tert-OH is 1. The Bertz CT molecular complexity index is 4480. The molecule has 0 aliphatic heterocycles. The number of rotatable bonds is 15. The number of carboxylic acids is 1. The van der Waals surface area contributed by atoms with Gasteiger partial charge in [-0.1, -0.05) is 26.8 Å². The van der Waals surface area contributed by atoms with Gasteiger partial charge in [0.25, 0.3) is 0 Å². The summed E-state index contributed by atoms with van der Waals surface area (Å²) in [4.78, 5) is 107. The lowest BCUT2D eigenvalue weighted by atomic mass is 9.82. The van der Waals surface area contributed by atoms with Crippen molar-refractivity contribution in [2.75, 3.05) is 28.9 Å². The minimum atomic E-state index is -1.11. The zero-order valence-electron chi connectivity index (χ0n) is 58.0. The molecular formula is C79H91N3O15. The fourth-order valence-corrected chi connectivity index (χ4v) is 14.4. The number of aliphatic hydroxyl groups is 1. The number of aldehydes is 1. The lowest BCUT2D eigenvalue weighted by Gasteiger charge is -2.34. The fraction of sp³-hybridized carbons (Fsp3) is 0.443. The van der Waals surface area contributed by atoms with Crippen molar-refractivity contribution in [3.05, 3.63) is 124 Å². The highest BCUT2D eigenvalue weighted by atomic mass is 16.5. The molecule has 3 aromatic heterocycles. The van der Waals surface area contributed by atoms with Crippen LogP contribution in [-0.2, 0) is 23.9 Å². The highest BCUT2D eigenvalue weighted by Gasteiger charge is 2.37. The van der Waals surface area contributed by atoms with Crippen LogP contribution in [0.4, 0.5) is 17.1 Å². The number of amides is 3. The van der Waals surface area contributed by atoms with Crippen LogP contribution in [0.3, 0.4) is 0 Å². The molecule has 2 N–H and O–H groups in total. The predicted octanol–water partition coefficient (Wildman–Crippen LogP) is 17.8. The van der Waals surface area contributed by atoms with Gasteiger partial charge in [0.05, 0.1) is 54.1 Å². The monoisotopic (exact) mass is 1320 g/mol. The molecule has 0 bridgehead atoms. The maximum Gasteiger partial charge on any atom is 0.340 e. The summed E-state index contributed by atoms with van der Waals surface area (Å²) in [6, 6.07) is 25.7. The van der Waals surface area contributed by atoms with Gasteiger partial charge in [-0.25, -0.2) is 14.4 Å². The van der Waals surface area contributed by atoms with Crippen molar-refractivity contribution in [2.45, 2.75) is 177 Å². The second-order valence-corrected chi connectivity index (χ2v) is 28.0. The summed E-state index contributed by atoms with van der Waals surface area (Å²) in [5.41, 5.74) is 7.25. The minimum Gasteiger partial charge on any atom is -0.478 e. The smallest absolute Gasteiger partial charge is 0.340 e. The fourth-order valence-electron chi connectivity index (χ4n) is 14.4. The minimum absolute atomic E-state index is 0.0222. The number of furan rings is 3. The van der Waals surface area contributed by atoms with Crippen LogP contribution in [0.25, 0.3) is 65.8 Å². The number of ether oxygens (including phenoxy) is 2. The molecular weight excluding hydrogens is 1230 g/mol. The number of methoxy groups -OCH3 is 2. The van der Waals surface area contributed by atoms with Crippen molar-refractivity contribution < 1.29 is 71.3 Å². The number of fused-ring (bicyclic) bond motifs is 9. The molecule has 3 heterocycles. The number of nitrogens with zero attached hydrogens (tertiary/aromatic N) is 3. The first kappa shape index (κ1) is 70.6. The molecule has 6 aromatic carbocycles. The first-order valence-corrected chi connectivity index (χ1v) is 34.3. The molecule has 18 nitrogen and oxygen atoms in total. The number of ketones is 1. The first-order valence-electron chi connectivity index (χ1n) is 34.3. The second kappa shape index (κ2) is 29.7. The molecule has 3 amide bonds. The number of carbonyl (C=O) groups is 8. The molecule has 1 atom stereocenters. The van der Waals surface area contributed by atoms with Crippen molar-refractivity contribution >= 4 is 131 Å². The Hall–Kier alpha value is -9.16. The lowest BCUT2D eigenvalue weighted by molar-refractivity contribution is -0.124. The predicted molar refractivity (Wildman–Crippen MR) is 378 cm³/mol. The van der Waals surface area contributed by atoms with Gasteiger partial charge in [0.2, 0.25) is 17.7 Å². The van der Waals surface area contributed by atoms with Gasteiger partial charge in [0, 0.05) is 79.3 Å². The van der Waals surface area contributed by atoms with E-state index in [1.54, 1.807) is 76.2 Å². The number of hydrogen-bond donors (Lipinski definition) is 2. The molecule has 0 spiro atoms. The summed E-state index contributed by atoms with van der Waals surface area (Å²) in [7, 11) is 2.67. The van der Waals surface area contributed by atoms with Gasteiger partial charge in [-0.05, 0) is 241 Å². The van der Waals surface area contributed by atoms with Gasteiger partial charge in [0.15, 0.2) is 5.78 Å². The van der Waals surface area contributed by atoms with Gasteiger partial charge < -0.3 is 47.6 Å². The molecule has 512 valence electrons. The molecule has 97 heavy (non-hydrogen) atoms. The Kier molecular flexibility index (Phi) is 21.6. The first-order chi connectivity index (χ1) is 46.2. The van der Waals surface area contributed by atoms with Gasteiger partial charge in [0.1, 0.15) is 39.8 Å². The van der Waals surface area contributed by atoms with E-state index in [1.807, 2.05) is 71.9 Å². The van der Waals surface area contributed by atoms with Gasteiger partial charge in [-0.3, -0.25) is 24.0 Å². The zero-order chi connectivity index (χ0) is 70.0.